The van der Waals surface area contributed by atoms with Crippen LogP contribution >= 0.6 is 0 Å². The topological polar surface area (TPSA) is 49.3 Å². The molecule has 1 aromatic rings. The molecule has 0 saturated heterocycles. The highest BCUT2D eigenvalue weighted by molar-refractivity contribution is 5.86. The molecule has 3 nitrogen and oxygen atoms in total. The number of hydrogen-bond donors (Lipinski definition) is 2. The summed E-state index contributed by atoms with van der Waals surface area (Å²) in [5.74, 6) is -1.42. The van der Waals surface area contributed by atoms with Gasteiger partial charge in [-0.15, -0.1) is 0 Å². The van der Waals surface area contributed by atoms with Crippen LogP contribution in [0, 0.1) is 12.7 Å². The average molecular weight is 209 g/mol. The molecule has 0 aliphatic rings. The quantitative estimate of drug-likeness (QED) is 0.747. The number of carboxylic acids is 1. The van der Waals surface area contributed by atoms with Crippen LogP contribution in [-0.4, -0.2) is 17.6 Å². The smallest absolute Gasteiger partial charge is 0.332 e. The fraction of sp³-hybridized carbons (Fsp3) is 0.182. The van der Waals surface area contributed by atoms with Crippen molar-refractivity contribution in [1.29, 1.82) is 0 Å². The first-order chi connectivity index (χ1) is 7.00. The van der Waals surface area contributed by atoms with Gasteiger partial charge in [-0.1, -0.05) is 12.6 Å². The molecular weight excluding hydrogens is 197 g/mol. The van der Waals surface area contributed by atoms with Gasteiger partial charge in [-0.05, 0) is 24.6 Å². The van der Waals surface area contributed by atoms with E-state index in [1.807, 2.05) is 6.92 Å². The fourth-order valence-corrected chi connectivity index (χ4v) is 1.06. The first-order valence-electron chi connectivity index (χ1n) is 4.42. The Hall–Kier alpha value is -1.84. The molecule has 0 amide bonds. The zero-order valence-corrected chi connectivity index (χ0v) is 8.38. The van der Waals surface area contributed by atoms with Crippen LogP contribution in [0.1, 0.15) is 5.56 Å². The van der Waals surface area contributed by atoms with E-state index in [0.717, 1.165) is 5.56 Å². The summed E-state index contributed by atoms with van der Waals surface area (Å²) in [6, 6.07) is 4.30. The molecular formula is C11H12FNO2. The lowest BCUT2D eigenvalue weighted by molar-refractivity contribution is -0.132. The SMILES string of the molecule is C=C(CNc1cc(F)ccc1C)C(=O)O. The Morgan fingerprint density at radius 2 is 2.27 bits per heavy atom. The number of halogens is 1. The highest BCUT2D eigenvalue weighted by Gasteiger charge is 2.05. The predicted molar refractivity (Wildman–Crippen MR) is 56.4 cm³/mol. The molecule has 15 heavy (non-hydrogen) atoms. The fourth-order valence-electron chi connectivity index (χ4n) is 1.06. The van der Waals surface area contributed by atoms with Gasteiger partial charge in [0.2, 0.25) is 0 Å². The lowest BCUT2D eigenvalue weighted by Gasteiger charge is -2.09. The van der Waals surface area contributed by atoms with Crippen LogP contribution in [0.25, 0.3) is 0 Å². The molecule has 0 radical (unpaired) electrons. The molecule has 0 atom stereocenters. The molecule has 0 heterocycles. The first kappa shape index (κ1) is 11.2. The van der Waals surface area contributed by atoms with Crippen molar-refractivity contribution in [3.63, 3.8) is 0 Å². The van der Waals surface area contributed by atoms with Gasteiger partial charge in [0.15, 0.2) is 0 Å². The van der Waals surface area contributed by atoms with Crippen molar-refractivity contribution in [3.05, 3.63) is 41.7 Å². The molecule has 0 unspecified atom stereocenters. The van der Waals surface area contributed by atoms with Crippen LogP contribution in [0.4, 0.5) is 10.1 Å². The van der Waals surface area contributed by atoms with E-state index >= 15 is 0 Å². The summed E-state index contributed by atoms with van der Waals surface area (Å²) >= 11 is 0. The van der Waals surface area contributed by atoms with Gasteiger partial charge in [0.05, 0.1) is 0 Å². The number of aliphatic carboxylic acids is 1. The third-order valence-electron chi connectivity index (χ3n) is 1.99. The predicted octanol–water partition coefficient (Wildman–Crippen LogP) is 2.19. The van der Waals surface area contributed by atoms with Crippen molar-refractivity contribution in [2.75, 3.05) is 11.9 Å². The third-order valence-corrected chi connectivity index (χ3v) is 1.99. The van der Waals surface area contributed by atoms with Crippen molar-refractivity contribution in [2.24, 2.45) is 0 Å². The van der Waals surface area contributed by atoms with E-state index < -0.39 is 5.97 Å². The van der Waals surface area contributed by atoms with E-state index in [9.17, 15) is 9.18 Å². The number of carboxylic acid groups (broad SMARTS) is 1. The van der Waals surface area contributed by atoms with Crippen molar-refractivity contribution in [3.8, 4) is 0 Å². The number of anilines is 1. The first-order valence-corrected chi connectivity index (χ1v) is 4.42. The molecule has 0 saturated carbocycles. The van der Waals surface area contributed by atoms with Crippen molar-refractivity contribution in [2.45, 2.75) is 6.92 Å². The Balaban J connectivity index is 2.69. The highest BCUT2D eigenvalue weighted by atomic mass is 19.1. The minimum atomic E-state index is -1.06. The maximum absolute atomic E-state index is 12.9. The average Bonchev–Trinajstić information content (AvgIpc) is 2.18. The second-order valence-electron chi connectivity index (χ2n) is 3.22. The number of benzene rings is 1. The number of rotatable bonds is 4. The van der Waals surface area contributed by atoms with E-state index in [4.69, 9.17) is 5.11 Å². The van der Waals surface area contributed by atoms with Gasteiger partial charge in [-0.25, -0.2) is 9.18 Å². The second kappa shape index (κ2) is 4.59. The van der Waals surface area contributed by atoms with Crippen LogP contribution < -0.4 is 5.32 Å². The second-order valence-corrected chi connectivity index (χ2v) is 3.22. The van der Waals surface area contributed by atoms with Gasteiger partial charge in [0, 0.05) is 17.8 Å². The minimum Gasteiger partial charge on any atom is -0.478 e. The van der Waals surface area contributed by atoms with Crippen LogP contribution in [0.15, 0.2) is 30.4 Å². The molecule has 0 aliphatic carbocycles. The van der Waals surface area contributed by atoms with E-state index in [-0.39, 0.29) is 17.9 Å². The highest BCUT2D eigenvalue weighted by Crippen LogP contribution is 2.15. The van der Waals surface area contributed by atoms with Gasteiger partial charge in [0.1, 0.15) is 5.82 Å². The minimum absolute atomic E-state index is 0.0404. The maximum atomic E-state index is 12.9. The molecule has 0 spiro atoms. The van der Waals surface area contributed by atoms with Crippen LogP contribution in [0.3, 0.4) is 0 Å². The largest absolute Gasteiger partial charge is 0.478 e. The molecule has 0 bridgehead atoms. The summed E-state index contributed by atoms with van der Waals surface area (Å²) in [6.07, 6.45) is 0. The van der Waals surface area contributed by atoms with Crippen molar-refractivity contribution in [1.82, 2.24) is 0 Å². The molecule has 1 rings (SSSR count). The Morgan fingerprint density at radius 3 is 2.87 bits per heavy atom. The van der Waals surface area contributed by atoms with Crippen LogP contribution in [0.5, 0.6) is 0 Å². The summed E-state index contributed by atoms with van der Waals surface area (Å²) in [5, 5.41) is 11.4. The number of aryl methyl sites for hydroxylation is 1. The summed E-state index contributed by atoms with van der Waals surface area (Å²) in [7, 11) is 0. The Bertz CT molecular complexity index is 402. The van der Waals surface area contributed by atoms with Gasteiger partial charge >= 0.3 is 5.97 Å². The molecule has 2 N–H and O–H groups in total. The summed E-state index contributed by atoms with van der Waals surface area (Å²) < 4.78 is 12.9. The van der Waals surface area contributed by atoms with Crippen LogP contribution in [0.2, 0.25) is 0 Å². The van der Waals surface area contributed by atoms with Crippen molar-refractivity contribution < 1.29 is 14.3 Å². The van der Waals surface area contributed by atoms with E-state index in [1.165, 1.54) is 12.1 Å². The zero-order chi connectivity index (χ0) is 11.4. The van der Waals surface area contributed by atoms with Crippen LogP contribution in [-0.2, 0) is 4.79 Å². The Kier molecular flexibility index (Phi) is 3.44. The van der Waals surface area contributed by atoms with Gasteiger partial charge in [-0.2, -0.15) is 0 Å². The van der Waals surface area contributed by atoms with Crippen molar-refractivity contribution >= 4 is 11.7 Å². The molecule has 4 heteroatoms. The zero-order valence-electron chi connectivity index (χ0n) is 8.38. The molecule has 0 aliphatic heterocycles. The molecule has 0 aromatic heterocycles. The number of carbonyl (C=O) groups is 1. The summed E-state index contributed by atoms with van der Waals surface area (Å²) in [5.41, 5.74) is 1.48. The Morgan fingerprint density at radius 1 is 1.60 bits per heavy atom. The normalized spacial score (nSPS) is 9.73. The van der Waals surface area contributed by atoms with Gasteiger partial charge < -0.3 is 10.4 Å². The van der Waals surface area contributed by atoms with E-state index in [2.05, 4.69) is 11.9 Å². The Labute approximate surface area is 87.2 Å². The summed E-state index contributed by atoms with van der Waals surface area (Å²) in [4.78, 5) is 10.5. The molecule has 80 valence electrons. The van der Waals surface area contributed by atoms with Gasteiger partial charge in [-0.3, -0.25) is 0 Å². The van der Waals surface area contributed by atoms with E-state index in [1.54, 1.807) is 6.07 Å². The summed E-state index contributed by atoms with van der Waals surface area (Å²) in [6.45, 7) is 5.27. The standard InChI is InChI=1S/C11H12FNO2/c1-7-3-4-9(12)5-10(7)13-6-8(2)11(14)15/h3-5,13H,2,6H2,1H3,(H,14,15). The lowest BCUT2D eigenvalue weighted by Crippen LogP contribution is -2.11. The molecule has 1 aromatic carbocycles. The lowest BCUT2D eigenvalue weighted by atomic mass is 10.2. The van der Waals surface area contributed by atoms with E-state index in [0.29, 0.717) is 5.69 Å². The monoisotopic (exact) mass is 209 g/mol. The number of nitrogens with one attached hydrogen (secondary N) is 1. The maximum Gasteiger partial charge on any atom is 0.332 e. The van der Waals surface area contributed by atoms with Gasteiger partial charge in [0.25, 0.3) is 0 Å². The third kappa shape index (κ3) is 3.09. The number of hydrogen-bond acceptors (Lipinski definition) is 2. The molecule has 0 fully saturated rings.